The lowest BCUT2D eigenvalue weighted by atomic mass is 10.00. The molecule has 0 aromatic heterocycles. The maximum Gasteiger partial charge on any atom is 0.168 e. The lowest BCUT2D eigenvalue weighted by Crippen LogP contribution is -2.51. The van der Waals surface area contributed by atoms with Crippen LogP contribution in [0, 0.1) is 5.82 Å². The molecule has 2 N–H and O–H groups in total. The molecule has 0 amide bonds. The van der Waals surface area contributed by atoms with Crippen molar-refractivity contribution in [2.45, 2.75) is 31.9 Å². The van der Waals surface area contributed by atoms with E-state index in [9.17, 15) is 4.39 Å². The van der Waals surface area contributed by atoms with E-state index in [4.69, 9.17) is 15.2 Å². The maximum absolute atomic E-state index is 14.2. The molecule has 1 fully saturated rings. The molecule has 0 radical (unpaired) electrons. The molecule has 0 saturated carbocycles. The Morgan fingerprint density at radius 2 is 2.33 bits per heavy atom. The number of morpholine rings is 1. The minimum Gasteiger partial charge on any atom is -0.494 e. The summed E-state index contributed by atoms with van der Waals surface area (Å²) in [5.41, 5.74) is 6.82. The number of nitrogens with two attached hydrogens (primary N) is 1. The number of hydrogen-bond acceptors (Lipinski definition) is 4. The lowest BCUT2D eigenvalue weighted by molar-refractivity contribution is -0.0401. The molecule has 118 valence electrons. The molecule has 1 aromatic carbocycles. The van der Waals surface area contributed by atoms with E-state index in [1.807, 2.05) is 0 Å². The fourth-order valence-electron chi connectivity index (χ4n) is 2.77. The highest BCUT2D eigenvalue weighted by atomic mass is 19.1. The van der Waals surface area contributed by atoms with Crippen LogP contribution in [0.15, 0.2) is 18.2 Å². The number of halogens is 1. The molecule has 0 aliphatic carbocycles. The summed E-state index contributed by atoms with van der Waals surface area (Å²) >= 11 is 0. The van der Waals surface area contributed by atoms with Crippen LogP contribution < -0.4 is 10.5 Å². The van der Waals surface area contributed by atoms with Crippen molar-refractivity contribution in [1.29, 1.82) is 0 Å². The Morgan fingerprint density at radius 3 is 3.05 bits per heavy atom. The second kappa shape index (κ2) is 7.73. The smallest absolute Gasteiger partial charge is 0.168 e. The lowest BCUT2D eigenvalue weighted by Gasteiger charge is -2.35. The van der Waals surface area contributed by atoms with E-state index in [-0.39, 0.29) is 23.7 Å². The van der Waals surface area contributed by atoms with E-state index in [1.165, 1.54) is 7.11 Å². The first kappa shape index (κ1) is 16.2. The van der Waals surface area contributed by atoms with Gasteiger partial charge >= 0.3 is 0 Å². The Labute approximate surface area is 126 Å². The van der Waals surface area contributed by atoms with Crippen molar-refractivity contribution in [3.05, 3.63) is 29.6 Å². The monoisotopic (exact) mass is 296 g/mol. The van der Waals surface area contributed by atoms with Crippen LogP contribution in [0.5, 0.6) is 5.75 Å². The van der Waals surface area contributed by atoms with Crippen molar-refractivity contribution in [3.8, 4) is 5.75 Å². The average molecular weight is 296 g/mol. The summed E-state index contributed by atoms with van der Waals surface area (Å²) < 4.78 is 24.9. The molecule has 1 aromatic rings. The second-order valence-electron chi connectivity index (χ2n) is 5.51. The molecule has 5 heteroatoms. The highest BCUT2D eigenvalue weighted by molar-refractivity contribution is 5.31. The predicted octanol–water partition coefficient (Wildman–Crippen LogP) is 1.81. The van der Waals surface area contributed by atoms with Gasteiger partial charge in [-0.1, -0.05) is 19.1 Å². The third-order valence-corrected chi connectivity index (χ3v) is 3.91. The van der Waals surface area contributed by atoms with Gasteiger partial charge in [0.25, 0.3) is 0 Å². The van der Waals surface area contributed by atoms with E-state index in [2.05, 4.69) is 11.8 Å². The van der Waals surface area contributed by atoms with Crippen molar-refractivity contribution >= 4 is 0 Å². The van der Waals surface area contributed by atoms with Crippen LogP contribution in [-0.4, -0.2) is 50.4 Å². The molecule has 2 rings (SSSR count). The Morgan fingerprint density at radius 1 is 1.52 bits per heavy atom. The fourth-order valence-corrected chi connectivity index (χ4v) is 2.77. The van der Waals surface area contributed by atoms with Crippen molar-refractivity contribution in [3.63, 3.8) is 0 Å². The molecule has 0 spiro atoms. The van der Waals surface area contributed by atoms with Gasteiger partial charge in [-0.25, -0.2) is 4.39 Å². The van der Waals surface area contributed by atoms with Gasteiger partial charge in [-0.3, -0.25) is 4.90 Å². The molecule has 2 atom stereocenters. The number of ether oxygens (including phenoxy) is 2. The van der Waals surface area contributed by atoms with Crippen molar-refractivity contribution < 1.29 is 13.9 Å². The molecule has 1 heterocycles. The summed E-state index contributed by atoms with van der Waals surface area (Å²) in [5.74, 6) is -0.0615. The van der Waals surface area contributed by atoms with Crippen molar-refractivity contribution in [2.75, 3.05) is 33.4 Å². The molecular formula is C16H25FN2O2. The second-order valence-corrected chi connectivity index (χ2v) is 5.51. The normalized spacial score (nSPS) is 21.2. The first-order valence-electron chi connectivity index (χ1n) is 7.56. The minimum absolute atomic E-state index is 0.0455. The van der Waals surface area contributed by atoms with Gasteiger partial charge in [0.1, 0.15) is 0 Å². The molecule has 1 aliphatic rings. The van der Waals surface area contributed by atoms with Gasteiger partial charge in [-0.15, -0.1) is 0 Å². The maximum atomic E-state index is 14.2. The topological polar surface area (TPSA) is 47.7 Å². The summed E-state index contributed by atoms with van der Waals surface area (Å²) in [6, 6.07) is 4.94. The number of hydrogen-bond donors (Lipinski definition) is 1. The zero-order valence-corrected chi connectivity index (χ0v) is 12.8. The standard InChI is InChI=1S/C16H25FN2O2/c1-3-7-19-8-9-21-15(11-19)13(18)10-12-5-4-6-14(20-2)16(12)17/h4-6,13,15H,3,7-11,18H2,1-2H3. The van der Waals surface area contributed by atoms with E-state index < -0.39 is 0 Å². The summed E-state index contributed by atoms with van der Waals surface area (Å²) in [6.45, 7) is 5.68. The Kier molecular flexibility index (Phi) is 5.96. The summed E-state index contributed by atoms with van der Waals surface area (Å²) in [4.78, 5) is 2.36. The Balaban J connectivity index is 1.99. The molecule has 1 aliphatic heterocycles. The summed E-state index contributed by atoms with van der Waals surface area (Å²) in [5, 5.41) is 0. The molecular weight excluding hydrogens is 271 g/mol. The molecule has 0 bridgehead atoms. The van der Waals surface area contributed by atoms with Gasteiger partial charge in [0.15, 0.2) is 11.6 Å². The van der Waals surface area contributed by atoms with Crippen molar-refractivity contribution in [1.82, 2.24) is 4.90 Å². The van der Waals surface area contributed by atoms with Crippen molar-refractivity contribution in [2.24, 2.45) is 5.73 Å². The van der Waals surface area contributed by atoms with Crippen LogP contribution in [0.2, 0.25) is 0 Å². The van der Waals surface area contributed by atoms with E-state index >= 15 is 0 Å². The predicted molar refractivity (Wildman–Crippen MR) is 81.1 cm³/mol. The SMILES string of the molecule is CCCN1CCOC(C(N)Cc2cccc(OC)c2F)C1. The third kappa shape index (κ3) is 4.15. The van der Waals surface area contributed by atoms with Crippen LogP contribution in [-0.2, 0) is 11.2 Å². The number of benzene rings is 1. The van der Waals surface area contributed by atoms with Gasteiger partial charge in [-0.2, -0.15) is 0 Å². The number of nitrogens with zero attached hydrogens (tertiary/aromatic N) is 1. The number of rotatable bonds is 6. The van der Waals surface area contributed by atoms with Crippen LogP contribution in [0.1, 0.15) is 18.9 Å². The van der Waals surface area contributed by atoms with E-state index in [0.717, 1.165) is 26.1 Å². The molecule has 21 heavy (non-hydrogen) atoms. The average Bonchev–Trinajstić information content (AvgIpc) is 2.50. The minimum atomic E-state index is -0.323. The Bertz CT molecular complexity index is 454. The molecule has 2 unspecified atom stereocenters. The zero-order chi connectivity index (χ0) is 15.2. The fraction of sp³-hybridized carbons (Fsp3) is 0.625. The molecule has 4 nitrogen and oxygen atoms in total. The first-order chi connectivity index (χ1) is 10.2. The zero-order valence-electron chi connectivity index (χ0n) is 12.8. The van der Waals surface area contributed by atoms with Crippen LogP contribution in [0.25, 0.3) is 0 Å². The highest BCUT2D eigenvalue weighted by Crippen LogP contribution is 2.22. The van der Waals surface area contributed by atoms with E-state index in [1.54, 1.807) is 18.2 Å². The van der Waals surface area contributed by atoms with Crippen LogP contribution >= 0.6 is 0 Å². The van der Waals surface area contributed by atoms with Gasteiger partial charge in [0, 0.05) is 19.1 Å². The van der Waals surface area contributed by atoms with E-state index in [0.29, 0.717) is 18.6 Å². The Hall–Kier alpha value is -1.17. The van der Waals surface area contributed by atoms with Gasteiger partial charge in [-0.05, 0) is 31.0 Å². The van der Waals surface area contributed by atoms with Gasteiger partial charge in [0.05, 0.1) is 19.8 Å². The van der Waals surface area contributed by atoms with Gasteiger partial charge < -0.3 is 15.2 Å². The summed E-state index contributed by atoms with van der Waals surface area (Å²) in [6.07, 6.45) is 1.52. The third-order valence-electron chi connectivity index (χ3n) is 3.91. The quantitative estimate of drug-likeness (QED) is 0.870. The highest BCUT2D eigenvalue weighted by Gasteiger charge is 2.26. The molecule has 1 saturated heterocycles. The number of methoxy groups -OCH3 is 1. The van der Waals surface area contributed by atoms with Crippen LogP contribution in [0.4, 0.5) is 4.39 Å². The summed E-state index contributed by atoms with van der Waals surface area (Å²) in [7, 11) is 1.47. The van der Waals surface area contributed by atoms with Gasteiger partial charge in [0.2, 0.25) is 0 Å². The first-order valence-corrected chi connectivity index (χ1v) is 7.56. The van der Waals surface area contributed by atoms with Crippen LogP contribution in [0.3, 0.4) is 0 Å². The largest absolute Gasteiger partial charge is 0.494 e.